The fraction of sp³-hybridized carbons (Fsp3) is 0.323. The van der Waals surface area contributed by atoms with Crippen LogP contribution in [-0.4, -0.2) is 49.6 Å². The predicted molar refractivity (Wildman–Crippen MR) is 157 cm³/mol. The fourth-order valence-corrected chi connectivity index (χ4v) is 5.12. The van der Waals surface area contributed by atoms with Crippen LogP contribution < -0.4 is 11.1 Å². The molecule has 2 aromatic heterocycles. The highest BCUT2D eigenvalue weighted by molar-refractivity contribution is 5.98. The highest BCUT2D eigenvalue weighted by atomic mass is 16.2. The lowest BCUT2D eigenvalue weighted by molar-refractivity contribution is -0.127. The average Bonchev–Trinajstić information content (AvgIpc) is 3.36. The van der Waals surface area contributed by atoms with E-state index in [2.05, 4.69) is 42.6 Å². The van der Waals surface area contributed by atoms with Gasteiger partial charge in [-0.2, -0.15) is 5.10 Å². The minimum atomic E-state index is -0.115. The third-order valence-electron chi connectivity index (χ3n) is 7.44. The van der Waals surface area contributed by atoms with Gasteiger partial charge >= 0.3 is 0 Å². The van der Waals surface area contributed by atoms with E-state index in [9.17, 15) is 9.59 Å². The summed E-state index contributed by atoms with van der Waals surface area (Å²) in [5.41, 5.74) is 11.3. The van der Waals surface area contributed by atoms with Crippen LogP contribution in [0.1, 0.15) is 61.1 Å². The van der Waals surface area contributed by atoms with Crippen LogP contribution in [0.3, 0.4) is 0 Å². The van der Waals surface area contributed by atoms with Crippen LogP contribution in [0.4, 0.5) is 5.82 Å². The van der Waals surface area contributed by atoms with Crippen LogP contribution in [-0.2, 0) is 16.8 Å². The molecule has 9 heteroatoms. The predicted octanol–water partition coefficient (Wildman–Crippen LogP) is 4.65. The van der Waals surface area contributed by atoms with E-state index >= 15 is 0 Å². The van der Waals surface area contributed by atoms with Crippen molar-refractivity contribution in [1.82, 2.24) is 30.0 Å². The number of hydrogen-bond donors (Lipinski definition) is 2. The van der Waals surface area contributed by atoms with E-state index in [-0.39, 0.29) is 23.3 Å². The van der Waals surface area contributed by atoms with Gasteiger partial charge in [-0.05, 0) is 47.6 Å². The van der Waals surface area contributed by atoms with E-state index in [1.807, 2.05) is 53.2 Å². The van der Waals surface area contributed by atoms with E-state index in [0.29, 0.717) is 47.7 Å². The van der Waals surface area contributed by atoms with Gasteiger partial charge in [0.2, 0.25) is 5.91 Å². The van der Waals surface area contributed by atoms with Crippen molar-refractivity contribution in [3.05, 3.63) is 84.2 Å². The van der Waals surface area contributed by atoms with Crippen molar-refractivity contribution in [3.8, 4) is 11.3 Å². The number of nitrogens with two attached hydrogens (primary N) is 1. The number of likely N-dealkylation sites (tertiary alicyclic amines) is 1. The number of nitrogen functional groups attached to an aromatic ring is 1. The van der Waals surface area contributed by atoms with E-state index in [1.54, 1.807) is 4.90 Å². The summed E-state index contributed by atoms with van der Waals surface area (Å²) in [6.07, 6.45) is 4.53. The first-order chi connectivity index (χ1) is 19.2. The smallest absolute Gasteiger partial charge is 0.251 e. The number of fused-ring (bicyclic) bond motifs is 1. The number of hydrogen-bond acceptors (Lipinski definition) is 6. The maximum Gasteiger partial charge on any atom is 0.251 e. The third-order valence-corrected chi connectivity index (χ3v) is 7.44. The number of piperidine rings is 1. The van der Waals surface area contributed by atoms with E-state index < -0.39 is 0 Å². The van der Waals surface area contributed by atoms with Gasteiger partial charge in [-0.3, -0.25) is 9.59 Å². The maximum atomic E-state index is 12.7. The first-order valence-electron chi connectivity index (χ1n) is 13.5. The molecule has 40 heavy (non-hydrogen) atoms. The Balaban J connectivity index is 1.34. The first-order valence-corrected chi connectivity index (χ1v) is 13.5. The first kappa shape index (κ1) is 27.1. The van der Waals surface area contributed by atoms with Crippen molar-refractivity contribution >= 4 is 28.7 Å². The number of benzene rings is 2. The summed E-state index contributed by atoms with van der Waals surface area (Å²) in [6, 6.07) is 15.6. The molecule has 1 aliphatic heterocycles. The Kier molecular flexibility index (Phi) is 7.38. The summed E-state index contributed by atoms with van der Waals surface area (Å²) >= 11 is 0. The average molecular weight is 538 g/mol. The zero-order valence-corrected chi connectivity index (χ0v) is 23.2. The summed E-state index contributed by atoms with van der Waals surface area (Å²) in [6.45, 7) is 11.7. The minimum absolute atomic E-state index is 0.0323. The minimum Gasteiger partial charge on any atom is -0.383 e. The van der Waals surface area contributed by atoms with Gasteiger partial charge in [-0.25, -0.2) is 14.6 Å². The van der Waals surface area contributed by atoms with Gasteiger partial charge in [0.25, 0.3) is 5.91 Å². The molecule has 0 saturated carbocycles. The lowest BCUT2D eigenvalue weighted by Crippen LogP contribution is -2.40. The number of rotatable bonds is 6. The number of anilines is 1. The van der Waals surface area contributed by atoms with Crippen molar-refractivity contribution < 1.29 is 9.59 Å². The zero-order valence-electron chi connectivity index (χ0n) is 23.2. The molecular weight excluding hydrogens is 502 g/mol. The van der Waals surface area contributed by atoms with Gasteiger partial charge in [0.15, 0.2) is 5.65 Å². The summed E-state index contributed by atoms with van der Waals surface area (Å²) in [4.78, 5) is 35.5. The van der Waals surface area contributed by atoms with Gasteiger partial charge < -0.3 is 16.0 Å². The Bertz CT molecular complexity index is 1550. The van der Waals surface area contributed by atoms with Crippen LogP contribution in [0.5, 0.6) is 0 Å². The summed E-state index contributed by atoms with van der Waals surface area (Å²) in [5.74, 6) is 0.158. The molecular formula is C31H35N7O2. The normalized spacial score (nSPS) is 15.7. The molecule has 5 rings (SSSR count). The van der Waals surface area contributed by atoms with Crippen molar-refractivity contribution in [3.63, 3.8) is 0 Å². The van der Waals surface area contributed by atoms with Crippen molar-refractivity contribution in [2.45, 2.75) is 51.6 Å². The Hall–Kier alpha value is -4.53. The van der Waals surface area contributed by atoms with Crippen molar-refractivity contribution in [2.24, 2.45) is 0 Å². The lowest BCUT2D eigenvalue weighted by atomic mass is 9.87. The quantitative estimate of drug-likeness (QED) is 0.346. The van der Waals surface area contributed by atoms with Crippen LogP contribution in [0.2, 0.25) is 0 Å². The molecule has 2 aromatic carbocycles. The van der Waals surface area contributed by atoms with Gasteiger partial charge in [0.1, 0.15) is 17.8 Å². The van der Waals surface area contributed by atoms with Gasteiger partial charge in [0.05, 0.1) is 11.4 Å². The standard InChI is InChI=1S/C31H35N7O2/c1-5-25(39)37-16-6-7-24(18-37)38-29-26(28(32)34-19-35-29)27(36-38)21-10-8-20(9-11-21)17-33-30(40)22-12-14-23(15-13-22)31(2,3)4/h5,8-15,19,24H,1,6-7,16-18H2,2-4H3,(H,33,40)(H2,32,34,35)/t24-/m1/s1. The van der Waals surface area contributed by atoms with Gasteiger partial charge in [-0.1, -0.05) is 63.7 Å². The molecule has 3 N–H and O–H groups in total. The molecule has 0 aliphatic carbocycles. The lowest BCUT2D eigenvalue weighted by Gasteiger charge is -2.32. The fourth-order valence-electron chi connectivity index (χ4n) is 5.12. The van der Waals surface area contributed by atoms with Gasteiger partial charge in [0, 0.05) is 30.8 Å². The molecule has 206 valence electrons. The molecule has 1 aliphatic rings. The van der Waals surface area contributed by atoms with Crippen molar-refractivity contribution in [2.75, 3.05) is 18.8 Å². The molecule has 3 heterocycles. The number of aromatic nitrogens is 4. The van der Waals surface area contributed by atoms with Crippen LogP contribution >= 0.6 is 0 Å². The summed E-state index contributed by atoms with van der Waals surface area (Å²) < 4.78 is 1.88. The SMILES string of the molecule is C=CC(=O)N1CCC[C@@H](n2nc(-c3ccc(CNC(=O)c4ccc(C(C)(C)C)cc4)cc3)c3c(N)ncnc32)C1. The zero-order chi connectivity index (χ0) is 28.4. The van der Waals surface area contributed by atoms with E-state index in [1.165, 1.54) is 18.0 Å². The topological polar surface area (TPSA) is 119 Å². The second-order valence-corrected chi connectivity index (χ2v) is 11.2. The number of amides is 2. The monoisotopic (exact) mass is 537 g/mol. The number of carbonyl (C=O) groups is 2. The molecule has 2 amide bonds. The summed E-state index contributed by atoms with van der Waals surface area (Å²) in [5, 5.41) is 8.62. The van der Waals surface area contributed by atoms with Crippen LogP contribution in [0.25, 0.3) is 22.3 Å². The Morgan fingerprint density at radius 1 is 1.10 bits per heavy atom. The van der Waals surface area contributed by atoms with Crippen molar-refractivity contribution in [1.29, 1.82) is 0 Å². The number of nitrogens with zero attached hydrogens (tertiary/aromatic N) is 5. The molecule has 4 aromatic rings. The Labute approximate surface area is 234 Å². The molecule has 0 spiro atoms. The van der Waals surface area contributed by atoms with Crippen LogP contribution in [0, 0.1) is 0 Å². The second kappa shape index (κ2) is 10.9. The maximum absolute atomic E-state index is 12.7. The molecule has 9 nitrogen and oxygen atoms in total. The highest BCUT2D eigenvalue weighted by Gasteiger charge is 2.28. The molecule has 0 unspecified atom stereocenters. The van der Waals surface area contributed by atoms with Crippen LogP contribution in [0.15, 0.2) is 67.5 Å². The Morgan fingerprint density at radius 3 is 2.50 bits per heavy atom. The molecule has 1 saturated heterocycles. The second-order valence-electron chi connectivity index (χ2n) is 11.2. The highest BCUT2D eigenvalue weighted by Crippen LogP contribution is 2.34. The third kappa shape index (κ3) is 5.45. The Morgan fingerprint density at radius 2 is 1.82 bits per heavy atom. The number of nitrogens with one attached hydrogen (secondary N) is 1. The molecule has 1 atom stereocenters. The molecule has 0 bridgehead atoms. The van der Waals surface area contributed by atoms with Gasteiger partial charge in [-0.15, -0.1) is 0 Å². The number of carbonyl (C=O) groups excluding carboxylic acids is 2. The molecule has 1 fully saturated rings. The largest absolute Gasteiger partial charge is 0.383 e. The summed E-state index contributed by atoms with van der Waals surface area (Å²) in [7, 11) is 0. The van der Waals surface area contributed by atoms with E-state index in [0.717, 1.165) is 24.0 Å². The van der Waals surface area contributed by atoms with E-state index in [4.69, 9.17) is 10.8 Å². The molecule has 0 radical (unpaired) electrons.